The van der Waals surface area contributed by atoms with E-state index in [4.69, 9.17) is 4.42 Å². The molecule has 0 unspecified atom stereocenters. The Bertz CT molecular complexity index is 3590. The molecular weight excluding hydrogens is 775 g/mol. The molecule has 0 bridgehead atoms. The van der Waals surface area contributed by atoms with Gasteiger partial charge in [-0.05, 0) is 121 Å². The van der Waals surface area contributed by atoms with Crippen LogP contribution in [0.15, 0.2) is 229 Å². The first kappa shape index (κ1) is 36.7. The maximum absolute atomic E-state index is 6.22. The Morgan fingerprint density at radius 1 is 0.391 bits per heavy atom. The maximum atomic E-state index is 6.22. The van der Waals surface area contributed by atoms with Crippen molar-refractivity contribution in [1.29, 1.82) is 0 Å². The number of nitrogens with zero attached hydrogens (tertiary/aromatic N) is 1. The lowest BCUT2D eigenvalue weighted by Crippen LogP contribution is -2.28. The first-order valence-electron chi connectivity index (χ1n) is 22.3. The zero-order valence-corrected chi connectivity index (χ0v) is 35.7. The summed E-state index contributed by atoms with van der Waals surface area (Å²) in [5, 5.41) is 4.80. The van der Waals surface area contributed by atoms with E-state index in [2.05, 4.69) is 231 Å². The van der Waals surface area contributed by atoms with Gasteiger partial charge in [0.1, 0.15) is 11.2 Å². The minimum atomic E-state index is -0.532. The molecule has 0 fully saturated rings. The van der Waals surface area contributed by atoms with E-state index in [-0.39, 0.29) is 5.41 Å². The quantitative estimate of drug-likeness (QED) is 0.166. The zero-order valence-electron chi connectivity index (χ0n) is 35.7. The molecule has 2 aliphatic carbocycles. The minimum absolute atomic E-state index is 0.206. The highest BCUT2D eigenvalue weighted by Crippen LogP contribution is 2.60. The molecule has 1 heterocycles. The molecule has 2 aliphatic rings. The molecule has 302 valence electrons. The fraction of sp³-hybridized carbons (Fsp3) is 0.0645. The average molecular weight is 818 g/mol. The Balaban J connectivity index is 1.08. The van der Waals surface area contributed by atoms with Gasteiger partial charge >= 0.3 is 0 Å². The monoisotopic (exact) mass is 817 g/mol. The number of benzene rings is 10. The van der Waals surface area contributed by atoms with Crippen molar-refractivity contribution in [3.8, 4) is 33.4 Å². The normalized spacial score (nSPS) is 14.0. The Kier molecular flexibility index (Phi) is 7.90. The largest absolute Gasteiger partial charge is 0.456 e. The molecule has 0 radical (unpaired) electrons. The number of fused-ring (bicyclic) bond motifs is 11. The van der Waals surface area contributed by atoms with Gasteiger partial charge in [0, 0.05) is 33.1 Å². The van der Waals surface area contributed by atoms with Crippen LogP contribution in [0.25, 0.3) is 66.1 Å². The van der Waals surface area contributed by atoms with Crippen LogP contribution in [0.3, 0.4) is 0 Å². The lowest BCUT2D eigenvalue weighted by Gasteiger charge is -2.35. The summed E-state index contributed by atoms with van der Waals surface area (Å²) in [6.07, 6.45) is 0. The Labute approximate surface area is 373 Å². The molecule has 11 aromatic rings. The van der Waals surface area contributed by atoms with E-state index < -0.39 is 5.41 Å². The predicted octanol–water partition coefficient (Wildman–Crippen LogP) is 16.5. The van der Waals surface area contributed by atoms with Gasteiger partial charge in [0.2, 0.25) is 0 Å². The molecule has 0 saturated heterocycles. The highest BCUT2D eigenvalue weighted by atomic mass is 16.3. The SMILES string of the molecule is CC1(C)c2ccccc2-c2c(N(c3ccc(-c4ccc5oc6ccccc6c5c4)cc3)c3ccc4c(c3)C(c3ccccc3)(c3ccccc3)c3ccccc3-4)cc3ccccc3c21. The van der Waals surface area contributed by atoms with Gasteiger partial charge in [0.05, 0.1) is 11.1 Å². The topological polar surface area (TPSA) is 16.4 Å². The second-order valence-corrected chi connectivity index (χ2v) is 18.0. The molecule has 10 aromatic carbocycles. The second kappa shape index (κ2) is 13.8. The van der Waals surface area contributed by atoms with Crippen LogP contribution in [0.4, 0.5) is 17.1 Å². The molecule has 13 rings (SSSR count). The molecule has 0 N–H and O–H groups in total. The summed E-state index contributed by atoms with van der Waals surface area (Å²) < 4.78 is 6.22. The van der Waals surface area contributed by atoms with Crippen molar-refractivity contribution >= 4 is 49.8 Å². The predicted molar refractivity (Wildman–Crippen MR) is 266 cm³/mol. The van der Waals surface area contributed by atoms with Crippen molar-refractivity contribution in [2.45, 2.75) is 24.7 Å². The molecule has 0 atom stereocenters. The first-order chi connectivity index (χ1) is 31.5. The summed E-state index contributed by atoms with van der Waals surface area (Å²) in [4.78, 5) is 2.53. The maximum Gasteiger partial charge on any atom is 0.135 e. The van der Waals surface area contributed by atoms with Crippen LogP contribution in [0.1, 0.15) is 47.2 Å². The number of hydrogen-bond donors (Lipinski definition) is 0. The molecule has 0 amide bonds. The highest BCUT2D eigenvalue weighted by Gasteiger charge is 2.47. The standard InChI is InChI=1S/C62H43NO/c1-61(2)53-26-14-12-25-51(53)59-56(38-42-17-9-10-22-47(42)60(59)61)63(45-32-29-40(30-33-45)41-31-36-58-52(37-41)50-24-13-16-28-57(50)64-58)46-34-35-49-48-23-11-15-27-54(48)62(55(49)39-46,43-18-5-3-6-19-43)44-20-7-4-8-21-44/h3-39H,1-2H3. The molecule has 2 nitrogen and oxygen atoms in total. The van der Waals surface area contributed by atoms with E-state index in [1.807, 2.05) is 12.1 Å². The third-order valence-corrected chi connectivity index (χ3v) is 14.3. The summed E-state index contributed by atoms with van der Waals surface area (Å²) >= 11 is 0. The van der Waals surface area contributed by atoms with Gasteiger partial charge in [0.25, 0.3) is 0 Å². The number of para-hydroxylation sites is 1. The van der Waals surface area contributed by atoms with Crippen LogP contribution < -0.4 is 4.90 Å². The van der Waals surface area contributed by atoms with E-state index in [0.29, 0.717) is 0 Å². The minimum Gasteiger partial charge on any atom is -0.456 e. The molecular formula is C62H43NO. The summed E-state index contributed by atoms with van der Waals surface area (Å²) in [6.45, 7) is 4.79. The third kappa shape index (κ3) is 5.14. The van der Waals surface area contributed by atoms with Gasteiger partial charge in [-0.25, -0.2) is 0 Å². The van der Waals surface area contributed by atoms with Gasteiger partial charge in [-0.15, -0.1) is 0 Å². The van der Waals surface area contributed by atoms with Crippen LogP contribution in [-0.4, -0.2) is 0 Å². The lowest BCUT2D eigenvalue weighted by atomic mass is 9.67. The van der Waals surface area contributed by atoms with E-state index >= 15 is 0 Å². The molecule has 0 spiro atoms. The number of hydrogen-bond acceptors (Lipinski definition) is 2. The first-order valence-corrected chi connectivity index (χ1v) is 22.3. The summed E-state index contributed by atoms with van der Waals surface area (Å²) in [6, 6.07) is 82.9. The molecule has 64 heavy (non-hydrogen) atoms. The van der Waals surface area contributed by atoms with Crippen LogP contribution in [0.2, 0.25) is 0 Å². The number of anilines is 3. The zero-order chi connectivity index (χ0) is 42.6. The van der Waals surface area contributed by atoms with E-state index in [0.717, 1.165) is 44.4 Å². The third-order valence-electron chi connectivity index (χ3n) is 14.3. The van der Waals surface area contributed by atoms with Crippen molar-refractivity contribution in [2.75, 3.05) is 4.90 Å². The Hall–Kier alpha value is -7.94. The van der Waals surface area contributed by atoms with Crippen molar-refractivity contribution in [2.24, 2.45) is 0 Å². The summed E-state index contributed by atoms with van der Waals surface area (Å²) in [5.41, 5.74) is 19.7. The van der Waals surface area contributed by atoms with Crippen molar-refractivity contribution < 1.29 is 4.42 Å². The number of rotatable bonds is 6. The Morgan fingerprint density at radius 2 is 0.969 bits per heavy atom. The van der Waals surface area contributed by atoms with Crippen LogP contribution in [-0.2, 0) is 10.8 Å². The fourth-order valence-corrected chi connectivity index (χ4v) is 11.5. The second-order valence-electron chi connectivity index (χ2n) is 18.0. The van der Waals surface area contributed by atoms with Crippen molar-refractivity contribution in [3.05, 3.63) is 258 Å². The highest BCUT2D eigenvalue weighted by molar-refractivity contribution is 6.08. The van der Waals surface area contributed by atoms with Crippen LogP contribution >= 0.6 is 0 Å². The molecule has 2 heteroatoms. The lowest BCUT2D eigenvalue weighted by molar-refractivity contribution is 0.666. The average Bonchev–Trinajstić information content (AvgIpc) is 3.96. The van der Waals surface area contributed by atoms with Gasteiger partial charge in [0.15, 0.2) is 0 Å². The molecule has 0 aliphatic heterocycles. The van der Waals surface area contributed by atoms with E-state index in [1.165, 1.54) is 72.1 Å². The van der Waals surface area contributed by atoms with Gasteiger partial charge in [-0.1, -0.05) is 190 Å². The van der Waals surface area contributed by atoms with Gasteiger partial charge in [-0.2, -0.15) is 0 Å². The van der Waals surface area contributed by atoms with E-state index in [1.54, 1.807) is 0 Å². The van der Waals surface area contributed by atoms with E-state index in [9.17, 15) is 0 Å². The van der Waals surface area contributed by atoms with Crippen LogP contribution in [0.5, 0.6) is 0 Å². The smallest absolute Gasteiger partial charge is 0.135 e. The molecule has 0 saturated carbocycles. The summed E-state index contributed by atoms with van der Waals surface area (Å²) in [5.74, 6) is 0. The van der Waals surface area contributed by atoms with Crippen LogP contribution in [0, 0.1) is 0 Å². The van der Waals surface area contributed by atoms with Gasteiger partial charge < -0.3 is 9.32 Å². The Morgan fingerprint density at radius 3 is 1.73 bits per heavy atom. The van der Waals surface area contributed by atoms with Gasteiger partial charge in [-0.3, -0.25) is 0 Å². The molecule has 1 aromatic heterocycles. The summed E-state index contributed by atoms with van der Waals surface area (Å²) in [7, 11) is 0. The van der Waals surface area contributed by atoms with Crippen molar-refractivity contribution in [1.82, 2.24) is 0 Å². The van der Waals surface area contributed by atoms with Crippen molar-refractivity contribution in [3.63, 3.8) is 0 Å². The fourth-order valence-electron chi connectivity index (χ4n) is 11.5. The number of furan rings is 1.